The average Bonchev–Trinajstić information content (AvgIpc) is 3.46. The molecule has 1 saturated carbocycles. The molecule has 10 heteroatoms. The molecule has 5 rings (SSSR count). The Hall–Kier alpha value is -2.88. The first-order chi connectivity index (χ1) is 14.9. The van der Waals surface area contributed by atoms with Crippen LogP contribution in [-0.4, -0.2) is 35.1 Å². The lowest BCUT2D eigenvalue weighted by atomic mass is 10.2. The molecule has 4 aromatic rings. The minimum atomic E-state index is -4.52. The van der Waals surface area contributed by atoms with E-state index in [-0.39, 0.29) is 5.52 Å². The van der Waals surface area contributed by atoms with Crippen LogP contribution >= 0.6 is 11.8 Å². The summed E-state index contributed by atoms with van der Waals surface area (Å²) in [6.45, 7) is 2.07. The molecule has 6 nitrogen and oxygen atoms in total. The number of imidazole rings is 1. The van der Waals surface area contributed by atoms with Crippen LogP contribution in [0, 0.1) is 0 Å². The number of aryl methyl sites for hydroxylation is 1. The number of rotatable bonds is 5. The molecule has 4 aromatic heterocycles. The molecule has 1 fully saturated rings. The molecular weight excluding hydrogens is 425 g/mol. The molecule has 0 bridgehead atoms. The van der Waals surface area contributed by atoms with E-state index in [1.54, 1.807) is 35.8 Å². The molecule has 0 amide bonds. The van der Waals surface area contributed by atoms with Gasteiger partial charge in [0.2, 0.25) is 0 Å². The minimum absolute atomic E-state index is 0.253. The number of thioether (sulfide) groups is 1. The average molecular weight is 444 g/mol. The van der Waals surface area contributed by atoms with Crippen LogP contribution in [-0.2, 0) is 13.2 Å². The summed E-state index contributed by atoms with van der Waals surface area (Å²) in [7, 11) is 1.79. The standard InChI is InChI=1S/C21H19F3N6S/c1-3-31-19-17(12-4-5-12)28-30(13-6-8-25-9-7-13)18(19)20-27-14-10-16(21(22,23)24)26-11-15(14)29(20)2/h6-12H,3-5H2,1-2H3. The number of hydrogen-bond acceptors (Lipinski definition) is 5. The molecule has 1 aliphatic rings. The second-order valence-corrected chi connectivity index (χ2v) is 8.71. The summed E-state index contributed by atoms with van der Waals surface area (Å²) in [6.07, 6.45) is 2.28. The summed E-state index contributed by atoms with van der Waals surface area (Å²) < 4.78 is 43.1. The number of halogens is 3. The maximum atomic E-state index is 13.2. The molecule has 0 N–H and O–H groups in total. The number of nitrogens with zero attached hydrogens (tertiary/aromatic N) is 6. The lowest BCUT2D eigenvalue weighted by Crippen LogP contribution is -2.07. The van der Waals surface area contributed by atoms with Crippen molar-refractivity contribution in [3.63, 3.8) is 0 Å². The van der Waals surface area contributed by atoms with Gasteiger partial charge in [-0.2, -0.15) is 18.3 Å². The summed E-state index contributed by atoms with van der Waals surface area (Å²) >= 11 is 1.69. The second kappa shape index (κ2) is 7.37. The van der Waals surface area contributed by atoms with E-state index in [1.165, 1.54) is 6.20 Å². The number of pyridine rings is 2. The van der Waals surface area contributed by atoms with Crippen LogP contribution in [0.25, 0.3) is 28.2 Å². The quantitative estimate of drug-likeness (QED) is 0.395. The second-order valence-electron chi connectivity index (χ2n) is 7.44. The van der Waals surface area contributed by atoms with Crippen molar-refractivity contribution in [2.45, 2.75) is 36.8 Å². The zero-order chi connectivity index (χ0) is 21.8. The van der Waals surface area contributed by atoms with Crippen LogP contribution in [0.1, 0.15) is 37.1 Å². The van der Waals surface area contributed by atoms with Gasteiger partial charge in [-0.15, -0.1) is 11.8 Å². The third kappa shape index (κ3) is 3.48. The first-order valence-electron chi connectivity index (χ1n) is 9.94. The molecule has 0 atom stereocenters. The summed E-state index contributed by atoms with van der Waals surface area (Å²) in [5.41, 5.74) is 2.48. The molecule has 1 aliphatic carbocycles. The highest BCUT2D eigenvalue weighted by atomic mass is 32.2. The van der Waals surface area contributed by atoms with Crippen LogP contribution < -0.4 is 0 Å². The van der Waals surface area contributed by atoms with Gasteiger partial charge in [0.05, 0.1) is 33.5 Å². The van der Waals surface area contributed by atoms with Gasteiger partial charge in [0.1, 0.15) is 11.4 Å². The fourth-order valence-corrected chi connectivity index (χ4v) is 4.61. The first-order valence-corrected chi connectivity index (χ1v) is 10.9. The van der Waals surface area contributed by atoms with Crippen molar-refractivity contribution < 1.29 is 13.2 Å². The van der Waals surface area contributed by atoms with Gasteiger partial charge in [-0.05, 0) is 36.8 Å². The van der Waals surface area contributed by atoms with E-state index in [2.05, 4.69) is 21.9 Å². The van der Waals surface area contributed by atoms with E-state index in [4.69, 9.17) is 5.10 Å². The van der Waals surface area contributed by atoms with Gasteiger partial charge in [-0.3, -0.25) is 4.98 Å². The summed E-state index contributed by atoms with van der Waals surface area (Å²) in [5.74, 6) is 1.81. The van der Waals surface area contributed by atoms with Crippen LogP contribution in [0.2, 0.25) is 0 Å². The topological polar surface area (TPSA) is 61.4 Å². The lowest BCUT2D eigenvalue weighted by Gasteiger charge is -2.09. The van der Waals surface area contributed by atoms with Crippen molar-refractivity contribution in [1.82, 2.24) is 29.3 Å². The third-order valence-electron chi connectivity index (χ3n) is 5.30. The molecule has 31 heavy (non-hydrogen) atoms. The van der Waals surface area contributed by atoms with Gasteiger partial charge in [0.15, 0.2) is 5.82 Å². The van der Waals surface area contributed by atoms with Crippen molar-refractivity contribution >= 4 is 22.8 Å². The normalized spacial score (nSPS) is 14.5. The number of fused-ring (bicyclic) bond motifs is 1. The van der Waals surface area contributed by atoms with Crippen molar-refractivity contribution in [3.8, 4) is 17.2 Å². The van der Waals surface area contributed by atoms with Gasteiger partial charge in [-0.25, -0.2) is 14.6 Å². The van der Waals surface area contributed by atoms with E-state index in [1.807, 2.05) is 16.8 Å². The Kier molecular flexibility index (Phi) is 4.76. The Morgan fingerprint density at radius 2 is 1.94 bits per heavy atom. The Morgan fingerprint density at radius 1 is 1.19 bits per heavy atom. The summed E-state index contributed by atoms with van der Waals surface area (Å²) in [4.78, 5) is 13.3. The highest BCUT2D eigenvalue weighted by Crippen LogP contribution is 2.47. The third-order valence-corrected chi connectivity index (χ3v) is 6.28. The monoisotopic (exact) mass is 444 g/mol. The van der Waals surface area contributed by atoms with E-state index in [0.29, 0.717) is 17.3 Å². The zero-order valence-electron chi connectivity index (χ0n) is 16.9. The minimum Gasteiger partial charge on any atom is -0.324 e. The van der Waals surface area contributed by atoms with Gasteiger partial charge in [-0.1, -0.05) is 6.92 Å². The van der Waals surface area contributed by atoms with Gasteiger partial charge < -0.3 is 4.57 Å². The SMILES string of the molecule is CCSc1c(C2CC2)nn(-c2ccncc2)c1-c1nc2cc(C(F)(F)F)ncc2n1C. The molecule has 0 saturated heterocycles. The number of hydrogen-bond donors (Lipinski definition) is 0. The number of aromatic nitrogens is 6. The molecule has 4 heterocycles. The Bertz CT molecular complexity index is 1260. The Labute approximate surface area is 180 Å². The molecular formula is C21H19F3N6S. The Balaban J connectivity index is 1.77. The molecule has 0 radical (unpaired) electrons. The maximum Gasteiger partial charge on any atom is 0.433 e. The predicted octanol–water partition coefficient (Wildman–Crippen LogP) is 5.22. The smallest absolute Gasteiger partial charge is 0.324 e. The summed E-state index contributed by atoms with van der Waals surface area (Å²) in [6, 6.07) is 4.72. The largest absolute Gasteiger partial charge is 0.433 e. The van der Waals surface area contributed by atoms with Crippen LogP contribution in [0.3, 0.4) is 0 Å². The van der Waals surface area contributed by atoms with Crippen molar-refractivity contribution in [3.05, 3.63) is 48.2 Å². The van der Waals surface area contributed by atoms with Crippen LogP contribution in [0.5, 0.6) is 0 Å². The fraction of sp³-hybridized carbons (Fsp3) is 0.333. The predicted molar refractivity (Wildman–Crippen MR) is 112 cm³/mol. The van der Waals surface area contributed by atoms with Gasteiger partial charge in [0, 0.05) is 25.4 Å². The van der Waals surface area contributed by atoms with E-state index in [0.717, 1.165) is 46.6 Å². The lowest BCUT2D eigenvalue weighted by molar-refractivity contribution is -0.141. The van der Waals surface area contributed by atoms with Crippen LogP contribution in [0.4, 0.5) is 13.2 Å². The van der Waals surface area contributed by atoms with Crippen molar-refractivity contribution in [1.29, 1.82) is 0 Å². The molecule has 0 aliphatic heterocycles. The van der Waals surface area contributed by atoms with E-state index in [9.17, 15) is 13.2 Å². The van der Waals surface area contributed by atoms with Crippen molar-refractivity contribution in [2.24, 2.45) is 7.05 Å². The highest BCUT2D eigenvalue weighted by Gasteiger charge is 2.35. The molecule has 0 spiro atoms. The first kappa shape index (κ1) is 20.0. The summed E-state index contributed by atoms with van der Waals surface area (Å²) in [5, 5.41) is 4.92. The number of alkyl halides is 3. The van der Waals surface area contributed by atoms with Crippen LogP contribution in [0.15, 0.2) is 41.7 Å². The maximum absolute atomic E-state index is 13.2. The molecule has 0 aromatic carbocycles. The highest BCUT2D eigenvalue weighted by molar-refractivity contribution is 7.99. The van der Waals surface area contributed by atoms with Gasteiger partial charge in [0.25, 0.3) is 0 Å². The van der Waals surface area contributed by atoms with Gasteiger partial charge >= 0.3 is 6.18 Å². The zero-order valence-corrected chi connectivity index (χ0v) is 17.7. The Morgan fingerprint density at radius 3 is 2.58 bits per heavy atom. The van der Waals surface area contributed by atoms with E-state index >= 15 is 0 Å². The van der Waals surface area contributed by atoms with E-state index < -0.39 is 11.9 Å². The molecule has 0 unspecified atom stereocenters. The molecule has 160 valence electrons. The fourth-order valence-electron chi connectivity index (χ4n) is 3.65. The van der Waals surface area contributed by atoms with Crippen molar-refractivity contribution in [2.75, 3.05) is 5.75 Å².